The summed E-state index contributed by atoms with van der Waals surface area (Å²) in [6.07, 6.45) is 1.01. The third-order valence-corrected chi connectivity index (χ3v) is 7.37. The van der Waals surface area contributed by atoms with Crippen LogP contribution in [0.15, 0.2) is 109 Å². The Hall–Kier alpha value is -4.38. The highest BCUT2D eigenvalue weighted by molar-refractivity contribution is 5.91. The van der Waals surface area contributed by atoms with E-state index in [0.717, 1.165) is 34.4 Å². The number of benzene rings is 4. The van der Waals surface area contributed by atoms with Crippen molar-refractivity contribution in [2.75, 3.05) is 18.4 Å². The van der Waals surface area contributed by atoms with E-state index in [2.05, 4.69) is 17.4 Å². The van der Waals surface area contributed by atoms with E-state index < -0.39 is 0 Å². The van der Waals surface area contributed by atoms with Crippen molar-refractivity contribution in [2.24, 2.45) is 0 Å². The number of hydrogen-bond donors (Lipinski definition) is 1. The van der Waals surface area contributed by atoms with Crippen molar-refractivity contribution in [1.82, 2.24) is 9.80 Å². The molecule has 5 nitrogen and oxygen atoms in total. The fourth-order valence-corrected chi connectivity index (χ4v) is 4.95. The predicted molar refractivity (Wildman–Crippen MR) is 163 cm³/mol. The van der Waals surface area contributed by atoms with Gasteiger partial charge in [0, 0.05) is 31.7 Å². The summed E-state index contributed by atoms with van der Waals surface area (Å²) in [5.74, 6) is 0.0323. The summed E-state index contributed by atoms with van der Waals surface area (Å²) in [6, 6.07) is 35.8. The molecule has 4 aromatic carbocycles. The summed E-state index contributed by atoms with van der Waals surface area (Å²) in [7, 11) is 0. The van der Waals surface area contributed by atoms with Crippen molar-refractivity contribution < 1.29 is 9.59 Å². The quantitative estimate of drug-likeness (QED) is 0.216. The average Bonchev–Trinajstić information content (AvgIpc) is 2.98. The summed E-state index contributed by atoms with van der Waals surface area (Å²) in [6.45, 7) is 7.45. The lowest BCUT2D eigenvalue weighted by Gasteiger charge is -2.31. The number of carbonyl (C=O) groups excluding carboxylic acids is 2. The minimum Gasteiger partial charge on any atom is -0.338 e. The number of carbonyl (C=O) groups is 2. The molecule has 0 heterocycles. The smallest absolute Gasteiger partial charge is 0.322 e. The number of nitrogens with one attached hydrogen (secondary N) is 1. The van der Waals surface area contributed by atoms with Crippen molar-refractivity contribution in [3.05, 3.63) is 137 Å². The zero-order valence-corrected chi connectivity index (χ0v) is 23.7. The van der Waals surface area contributed by atoms with E-state index in [1.807, 2.05) is 123 Å². The van der Waals surface area contributed by atoms with E-state index in [-0.39, 0.29) is 24.4 Å². The van der Waals surface area contributed by atoms with E-state index in [4.69, 9.17) is 0 Å². The molecule has 3 amide bonds. The van der Waals surface area contributed by atoms with Gasteiger partial charge in [-0.05, 0) is 55.0 Å². The van der Waals surface area contributed by atoms with Gasteiger partial charge in [0.15, 0.2) is 0 Å². The van der Waals surface area contributed by atoms with Crippen molar-refractivity contribution in [3.8, 4) is 0 Å². The Bertz CT molecular complexity index is 1350. The third kappa shape index (κ3) is 7.82. The molecule has 1 unspecified atom stereocenters. The molecule has 0 aliphatic rings. The lowest BCUT2D eigenvalue weighted by molar-refractivity contribution is -0.132. The predicted octanol–water partition coefficient (Wildman–Crippen LogP) is 7.56. The van der Waals surface area contributed by atoms with Gasteiger partial charge < -0.3 is 15.1 Å². The molecule has 0 fully saturated rings. The van der Waals surface area contributed by atoms with Crippen molar-refractivity contribution in [2.45, 2.75) is 46.2 Å². The van der Waals surface area contributed by atoms with Crippen molar-refractivity contribution in [1.29, 1.82) is 0 Å². The van der Waals surface area contributed by atoms with Gasteiger partial charge in [-0.1, -0.05) is 109 Å². The van der Waals surface area contributed by atoms with Crippen LogP contribution in [-0.2, 0) is 17.8 Å². The summed E-state index contributed by atoms with van der Waals surface area (Å²) in [5, 5.41) is 3.13. The minimum absolute atomic E-state index is 0.0323. The molecule has 0 aliphatic carbocycles. The number of urea groups is 1. The fourth-order valence-electron chi connectivity index (χ4n) is 4.95. The number of amides is 3. The Balaban J connectivity index is 1.52. The molecule has 0 spiro atoms. The number of anilines is 1. The Morgan fingerprint density at radius 3 is 1.85 bits per heavy atom. The average molecular weight is 534 g/mol. The van der Waals surface area contributed by atoms with Gasteiger partial charge in [-0.25, -0.2) is 4.79 Å². The maximum absolute atomic E-state index is 13.7. The molecule has 5 heteroatoms. The second-order valence-corrected chi connectivity index (χ2v) is 10.3. The molecular formula is C35H39N3O2. The molecule has 4 rings (SSSR count). The first-order valence-electron chi connectivity index (χ1n) is 14.0. The van der Waals surface area contributed by atoms with Crippen LogP contribution >= 0.6 is 0 Å². The first-order chi connectivity index (χ1) is 19.4. The number of para-hydroxylation sites is 1. The van der Waals surface area contributed by atoms with Gasteiger partial charge in [0.05, 0.1) is 6.04 Å². The molecule has 0 saturated heterocycles. The topological polar surface area (TPSA) is 52.7 Å². The lowest BCUT2D eigenvalue weighted by Crippen LogP contribution is -2.41. The van der Waals surface area contributed by atoms with Gasteiger partial charge >= 0.3 is 6.03 Å². The molecule has 40 heavy (non-hydrogen) atoms. The maximum atomic E-state index is 13.7. The van der Waals surface area contributed by atoms with Crippen LogP contribution in [0.3, 0.4) is 0 Å². The fraction of sp³-hybridized carbons (Fsp3) is 0.257. The third-order valence-electron chi connectivity index (χ3n) is 7.37. The maximum Gasteiger partial charge on any atom is 0.322 e. The van der Waals surface area contributed by atoms with Crippen LogP contribution in [0.1, 0.15) is 47.2 Å². The lowest BCUT2D eigenvalue weighted by atomic mass is 10.1. The van der Waals surface area contributed by atoms with Crippen LogP contribution in [0.4, 0.5) is 10.5 Å². The molecular weight excluding hydrogens is 494 g/mol. The van der Waals surface area contributed by atoms with Crippen LogP contribution in [0.5, 0.6) is 0 Å². The first-order valence-corrected chi connectivity index (χ1v) is 14.0. The van der Waals surface area contributed by atoms with Crippen LogP contribution in [0, 0.1) is 13.8 Å². The van der Waals surface area contributed by atoms with Gasteiger partial charge in [-0.2, -0.15) is 0 Å². The number of hydrogen-bond acceptors (Lipinski definition) is 2. The van der Waals surface area contributed by atoms with Crippen molar-refractivity contribution >= 4 is 17.6 Å². The Kier molecular flexibility index (Phi) is 10.1. The SMILES string of the molecule is Cc1cccc(C)c1NC(=O)N(CCC(=O)N(CCc1ccccc1)Cc1ccccc1)C(C)c1ccccc1. The van der Waals surface area contributed by atoms with Crippen LogP contribution < -0.4 is 5.32 Å². The van der Waals surface area contributed by atoms with E-state index in [1.54, 1.807) is 4.90 Å². The second-order valence-electron chi connectivity index (χ2n) is 10.3. The van der Waals surface area contributed by atoms with Crippen LogP contribution in [-0.4, -0.2) is 34.8 Å². The molecule has 0 aromatic heterocycles. The van der Waals surface area contributed by atoms with Gasteiger partial charge in [-0.3, -0.25) is 4.79 Å². The van der Waals surface area contributed by atoms with E-state index in [9.17, 15) is 9.59 Å². The Labute approximate surface area is 238 Å². The molecule has 0 aliphatic heterocycles. The Morgan fingerprint density at radius 1 is 0.700 bits per heavy atom. The monoisotopic (exact) mass is 533 g/mol. The molecule has 0 radical (unpaired) electrons. The highest BCUT2D eigenvalue weighted by atomic mass is 16.2. The highest BCUT2D eigenvalue weighted by Gasteiger charge is 2.25. The van der Waals surface area contributed by atoms with Gasteiger partial charge in [0.1, 0.15) is 0 Å². The molecule has 0 saturated carbocycles. The molecule has 0 bridgehead atoms. The summed E-state index contributed by atoms with van der Waals surface area (Å²) in [4.78, 5) is 31.1. The van der Waals surface area contributed by atoms with E-state index >= 15 is 0 Å². The molecule has 4 aromatic rings. The summed E-state index contributed by atoms with van der Waals surface area (Å²) < 4.78 is 0. The summed E-state index contributed by atoms with van der Waals surface area (Å²) in [5.41, 5.74) is 6.14. The van der Waals surface area contributed by atoms with E-state index in [1.165, 1.54) is 5.56 Å². The van der Waals surface area contributed by atoms with Crippen molar-refractivity contribution in [3.63, 3.8) is 0 Å². The standard InChI is InChI=1S/C35H39N3O2/c1-27-14-13-15-28(2)34(27)36-35(40)38(29(3)32-20-11-6-12-21-32)25-23-33(39)37(26-31-18-9-5-10-19-31)24-22-30-16-7-4-8-17-30/h4-21,29H,22-26H2,1-3H3,(H,36,40). The zero-order valence-electron chi connectivity index (χ0n) is 23.7. The van der Waals surface area contributed by atoms with Gasteiger partial charge in [0.25, 0.3) is 0 Å². The van der Waals surface area contributed by atoms with Gasteiger partial charge in [0.2, 0.25) is 5.91 Å². The summed E-state index contributed by atoms with van der Waals surface area (Å²) >= 11 is 0. The van der Waals surface area contributed by atoms with E-state index in [0.29, 0.717) is 19.6 Å². The molecule has 1 N–H and O–H groups in total. The largest absolute Gasteiger partial charge is 0.338 e. The van der Waals surface area contributed by atoms with Crippen LogP contribution in [0.25, 0.3) is 0 Å². The second kappa shape index (κ2) is 14.1. The Morgan fingerprint density at radius 2 is 1.25 bits per heavy atom. The van der Waals surface area contributed by atoms with Gasteiger partial charge in [-0.15, -0.1) is 0 Å². The first kappa shape index (κ1) is 28.6. The molecule has 1 atom stereocenters. The number of nitrogens with zero attached hydrogens (tertiary/aromatic N) is 2. The molecule has 206 valence electrons. The highest BCUT2D eigenvalue weighted by Crippen LogP contribution is 2.25. The minimum atomic E-state index is -0.208. The number of rotatable bonds is 11. The number of aryl methyl sites for hydroxylation is 2. The zero-order chi connectivity index (χ0) is 28.3. The normalized spacial score (nSPS) is 11.5. The van der Waals surface area contributed by atoms with Crippen LogP contribution in [0.2, 0.25) is 0 Å².